The second-order valence-corrected chi connectivity index (χ2v) is 17.1. The minimum Gasteiger partial charge on any atom is -0.455 e. The molecule has 0 amide bonds. The largest absolute Gasteiger partial charge is 0.455 e. The first-order valence-corrected chi connectivity index (χ1v) is 17.7. The average molecular weight is 672 g/mol. The zero-order valence-electron chi connectivity index (χ0n) is 26.5. The number of hydrogen-bond donors (Lipinski definition) is 1. The first kappa shape index (κ1) is 34.3. The summed E-state index contributed by atoms with van der Waals surface area (Å²) in [4.78, 5) is 16.2. The molecule has 1 fully saturated rings. The summed E-state index contributed by atoms with van der Waals surface area (Å²) in [5.74, 6) is -0.683. The Morgan fingerprint density at radius 2 is 1.47 bits per heavy atom. The molecule has 4 aromatic carbocycles. The van der Waals surface area contributed by atoms with Crippen molar-refractivity contribution in [3.05, 3.63) is 142 Å². The zero-order valence-corrected chi connectivity index (χ0v) is 28.2. The number of esters is 1. The maximum absolute atomic E-state index is 13.3. The van der Waals surface area contributed by atoms with Gasteiger partial charge in [0.05, 0.1) is 18.8 Å². The number of nitrogens with zero attached hydrogens (tertiary/aromatic N) is 3. The molecule has 4 aromatic rings. The van der Waals surface area contributed by atoms with Gasteiger partial charge in [-0.05, 0) is 50.8 Å². The molecule has 0 radical (unpaired) electrons. The minimum atomic E-state index is -3.03. The monoisotopic (exact) mass is 671 g/mol. The van der Waals surface area contributed by atoms with Crippen LogP contribution >= 0.6 is 11.6 Å². The number of ether oxygens (including phenoxy) is 3. The predicted molar refractivity (Wildman–Crippen MR) is 183 cm³/mol. The van der Waals surface area contributed by atoms with Crippen molar-refractivity contribution in [1.82, 2.24) is 0 Å². The number of rotatable bonds is 11. The van der Waals surface area contributed by atoms with Crippen LogP contribution in [0.5, 0.6) is 0 Å². The lowest BCUT2D eigenvalue weighted by Crippen LogP contribution is -2.68. The summed E-state index contributed by atoms with van der Waals surface area (Å²) in [6, 6.07) is 34.5. The molecule has 0 spiro atoms. The van der Waals surface area contributed by atoms with Gasteiger partial charge in [-0.2, -0.15) is 0 Å². The average Bonchev–Trinajstić information content (AvgIpc) is 3.08. The highest BCUT2D eigenvalue weighted by atomic mass is 35.5. The molecule has 47 heavy (non-hydrogen) atoms. The summed E-state index contributed by atoms with van der Waals surface area (Å²) in [7, 11) is -3.03. The fraction of sp³-hybridized carbons (Fsp3) is 0.306. The molecule has 1 saturated heterocycles. The van der Waals surface area contributed by atoms with Gasteiger partial charge in [-0.15, -0.1) is 0 Å². The molecular weight excluding hydrogens is 634 g/mol. The zero-order chi connectivity index (χ0) is 33.4. The third kappa shape index (κ3) is 7.77. The lowest BCUT2D eigenvalue weighted by Gasteiger charge is -2.46. The maximum atomic E-state index is 13.3. The standard InChI is InChI=1S/C36H38ClN3O6Si/c1-36(2,3)47(28-15-9-5-10-16-28,29-17-11-6-12-18-29)44-24-30-32(41)33(46-34(42)26-13-7-4-8-14-26)31(39-40-38)35(45-30)43-23-25-19-21-27(37)22-20-25/h4-22,30-33,35,41H,23-24H2,1-3H3/t30?,31?,32-,33+,35?/m0/s1. The molecule has 1 N–H and O–H groups in total. The summed E-state index contributed by atoms with van der Waals surface area (Å²) in [6.07, 6.45) is -4.89. The summed E-state index contributed by atoms with van der Waals surface area (Å²) < 4.78 is 25.5. The van der Waals surface area contributed by atoms with Crippen LogP contribution in [0.2, 0.25) is 10.1 Å². The number of benzene rings is 4. The smallest absolute Gasteiger partial charge is 0.338 e. The molecule has 5 rings (SSSR count). The third-order valence-corrected chi connectivity index (χ3v) is 13.5. The van der Waals surface area contributed by atoms with Crippen LogP contribution in [0.1, 0.15) is 36.7 Å². The lowest BCUT2D eigenvalue weighted by atomic mass is 9.97. The van der Waals surface area contributed by atoms with E-state index in [0.717, 1.165) is 15.9 Å². The van der Waals surface area contributed by atoms with E-state index in [1.165, 1.54) is 0 Å². The number of aliphatic hydroxyl groups excluding tert-OH is 1. The Labute approximate surface area is 280 Å². The molecule has 0 bridgehead atoms. The fourth-order valence-corrected chi connectivity index (χ4v) is 10.7. The summed E-state index contributed by atoms with van der Waals surface area (Å²) in [5.41, 5.74) is 10.6. The summed E-state index contributed by atoms with van der Waals surface area (Å²) >= 11 is 6.06. The highest BCUT2D eigenvalue weighted by molar-refractivity contribution is 6.99. The summed E-state index contributed by atoms with van der Waals surface area (Å²) in [5, 5.41) is 18.0. The van der Waals surface area contributed by atoms with Crippen LogP contribution < -0.4 is 10.4 Å². The van der Waals surface area contributed by atoms with Crippen LogP contribution in [-0.4, -0.2) is 56.6 Å². The van der Waals surface area contributed by atoms with E-state index < -0.39 is 44.9 Å². The van der Waals surface area contributed by atoms with Crippen LogP contribution in [0, 0.1) is 0 Å². The topological polar surface area (TPSA) is 123 Å². The van der Waals surface area contributed by atoms with Gasteiger partial charge in [0.2, 0.25) is 0 Å². The van der Waals surface area contributed by atoms with Gasteiger partial charge in [-0.3, -0.25) is 0 Å². The van der Waals surface area contributed by atoms with Crippen molar-refractivity contribution in [2.45, 2.75) is 63.1 Å². The van der Waals surface area contributed by atoms with E-state index in [4.69, 9.17) is 30.2 Å². The first-order valence-electron chi connectivity index (χ1n) is 15.4. The van der Waals surface area contributed by atoms with Gasteiger partial charge in [0.1, 0.15) is 24.4 Å². The SMILES string of the molecule is CC(C)(C)[Si](OCC1OC(OCc2ccc(Cl)cc2)C(N=[N+]=[N-])[C@@H](OC(=O)c2ccccc2)[C@H]1O)(c1ccccc1)c1ccccc1. The first-order chi connectivity index (χ1) is 22.6. The second-order valence-electron chi connectivity index (χ2n) is 12.4. The van der Waals surface area contributed by atoms with Crippen LogP contribution in [-0.2, 0) is 25.2 Å². The van der Waals surface area contributed by atoms with E-state index in [-0.39, 0.29) is 23.8 Å². The Kier molecular flexibility index (Phi) is 11.2. The Balaban J connectivity index is 1.50. The van der Waals surface area contributed by atoms with E-state index in [2.05, 4.69) is 55.1 Å². The molecule has 9 nitrogen and oxygen atoms in total. The molecule has 3 unspecified atom stereocenters. The van der Waals surface area contributed by atoms with Crippen molar-refractivity contribution in [3.8, 4) is 0 Å². The summed E-state index contributed by atoms with van der Waals surface area (Å²) in [6.45, 7) is 6.47. The number of carbonyl (C=O) groups excluding carboxylic acids is 1. The van der Waals surface area contributed by atoms with Crippen molar-refractivity contribution in [3.63, 3.8) is 0 Å². The highest BCUT2D eigenvalue weighted by Gasteiger charge is 2.53. The molecule has 0 saturated carbocycles. The highest BCUT2D eigenvalue weighted by Crippen LogP contribution is 2.38. The van der Waals surface area contributed by atoms with E-state index in [9.17, 15) is 15.4 Å². The molecule has 0 aliphatic carbocycles. The van der Waals surface area contributed by atoms with E-state index in [0.29, 0.717) is 5.02 Å². The van der Waals surface area contributed by atoms with Crippen molar-refractivity contribution >= 4 is 36.3 Å². The maximum Gasteiger partial charge on any atom is 0.338 e. The molecule has 1 heterocycles. The Morgan fingerprint density at radius 3 is 2.00 bits per heavy atom. The fourth-order valence-electron chi connectivity index (χ4n) is 5.99. The van der Waals surface area contributed by atoms with Crippen molar-refractivity contribution in [2.75, 3.05) is 6.61 Å². The third-order valence-electron chi connectivity index (χ3n) is 8.29. The minimum absolute atomic E-state index is 0.0579. The molecule has 1 aliphatic rings. The van der Waals surface area contributed by atoms with E-state index in [1.807, 2.05) is 36.4 Å². The van der Waals surface area contributed by atoms with Crippen LogP contribution in [0.25, 0.3) is 10.4 Å². The lowest BCUT2D eigenvalue weighted by molar-refractivity contribution is -0.267. The van der Waals surface area contributed by atoms with Crippen LogP contribution in [0.15, 0.2) is 120 Å². The van der Waals surface area contributed by atoms with Crippen LogP contribution in [0.3, 0.4) is 0 Å². The molecule has 1 aliphatic heterocycles. The number of carbonyl (C=O) groups is 1. The number of halogens is 1. The molecule has 5 atom stereocenters. The number of aliphatic hydroxyl groups is 1. The van der Waals surface area contributed by atoms with Crippen molar-refractivity contribution < 1.29 is 28.5 Å². The van der Waals surface area contributed by atoms with Gasteiger partial charge in [-0.1, -0.05) is 128 Å². The normalized spacial score (nSPS) is 21.4. The van der Waals surface area contributed by atoms with Gasteiger partial charge < -0.3 is 23.7 Å². The molecule has 0 aromatic heterocycles. The van der Waals surface area contributed by atoms with Gasteiger partial charge in [0.25, 0.3) is 8.32 Å². The Bertz CT molecular complexity index is 1610. The molecule has 11 heteroatoms. The van der Waals surface area contributed by atoms with Crippen molar-refractivity contribution in [1.29, 1.82) is 0 Å². The number of hydrogen-bond acceptors (Lipinski definition) is 7. The quantitative estimate of drug-likeness (QED) is 0.0645. The van der Waals surface area contributed by atoms with Gasteiger partial charge in [0, 0.05) is 9.93 Å². The van der Waals surface area contributed by atoms with E-state index in [1.54, 1.807) is 54.6 Å². The van der Waals surface area contributed by atoms with Crippen LogP contribution in [0.4, 0.5) is 0 Å². The predicted octanol–water partition coefficient (Wildman–Crippen LogP) is 6.42. The molecular formula is C36H38ClN3O6Si. The Morgan fingerprint density at radius 1 is 0.915 bits per heavy atom. The molecule has 244 valence electrons. The van der Waals surface area contributed by atoms with Gasteiger partial charge in [0.15, 0.2) is 6.29 Å². The second kappa shape index (κ2) is 15.3. The Hall–Kier alpha value is -3.99. The van der Waals surface area contributed by atoms with E-state index >= 15 is 0 Å². The van der Waals surface area contributed by atoms with Gasteiger partial charge >= 0.3 is 5.97 Å². The van der Waals surface area contributed by atoms with Crippen molar-refractivity contribution in [2.24, 2.45) is 5.11 Å². The number of azide groups is 1. The van der Waals surface area contributed by atoms with Gasteiger partial charge in [-0.25, -0.2) is 4.79 Å².